The van der Waals surface area contributed by atoms with E-state index in [1.807, 2.05) is 0 Å². The Bertz CT molecular complexity index is 414. The molecule has 2 nitrogen and oxygen atoms in total. The minimum atomic E-state index is -0.158. The second-order valence-electron chi connectivity index (χ2n) is 10.1. The highest BCUT2D eigenvalue weighted by atomic mass is 16.5. The van der Waals surface area contributed by atoms with Gasteiger partial charge in [0, 0.05) is 0 Å². The van der Waals surface area contributed by atoms with E-state index >= 15 is 0 Å². The van der Waals surface area contributed by atoms with Crippen LogP contribution in [0.2, 0.25) is 0 Å². The van der Waals surface area contributed by atoms with Crippen LogP contribution in [-0.4, -0.2) is 13.1 Å². The van der Waals surface area contributed by atoms with Crippen molar-refractivity contribution in [2.45, 2.75) is 129 Å². The van der Waals surface area contributed by atoms with E-state index in [4.69, 9.17) is 4.74 Å². The van der Waals surface area contributed by atoms with E-state index in [2.05, 4.69) is 13.8 Å². The molecule has 0 atom stereocenters. The molecule has 0 heterocycles. The Morgan fingerprint density at radius 2 is 1.36 bits per heavy atom. The average molecular weight is 393 g/mol. The van der Waals surface area contributed by atoms with Crippen LogP contribution >= 0.6 is 0 Å². The molecular weight excluding hydrogens is 344 g/mol. The molecule has 2 aliphatic rings. The van der Waals surface area contributed by atoms with Gasteiger partial charge in [-0.2, -0.15) is 0 Å². The number of esters is 1. The molecule has 0 saturated heterocycles. The molecule has 2 saturated carbocycles. The minimum Gasteiger partial charge on any atom is -0.469 e. The lowest BCUT2D eigenvalue weighted by molar-refractivity contribution is -0.156. The first-order valence-corrected chi connectivity index (χ1v) is 12.7. The van der Waals surface area contributed by atoms with Crippen molar-refractivity contribution in [1.82, 2.24) is 0 Å². The van der Waals surface area contributed by atoms with Crippen LogP contribution in [0.3, 0.4) is 0 Å². The number of hydrogen-bond donors (Lipinski definition) is 0. The zero-order valence-corrected chi connectivity index (χ0v) is 19.3. The van der Waals surface area contributed by atoms with Gasteiger partial charge in [0.1, 0.15) is 0 Å². The van der Waals surface area contributed by atoms with Crippen LogP contribution in [0.1, 0.15) is 129 Å². The second-order valence-corrected chi connectivity index (χ2v) is 10.1. The molecule has 0 aromatic carbocycles. The van der Waals surface area contributed by atoms with E-state index in [1.54, 1.807) is 7.11 Å². The normalized spacial score (nSPS) is 30.9. The summed E-state index contributed by atoms with van der Waals surface area (Å²) in [7, 11) is 1.59. The van der Waals surface area contributed by atoms with E-state index in [-0.39, 0.29) is 11.4 Å². The lowest BCUT2D eigenvalue weighted by Gasteiger charge is -2.42. The lowest BCUT2D eigenvalue weighted by atomic mass is 9.63. The molecule has 2 heteroatoms. The molecule has 2 rings (SSSR count). The van der Waals surface area contributed by atoms with Gasteiger partial charge in [-0.05, 0) is 62.7 Å². The maximum atomic E-state index is 12.6. The van der Waals surface area contributed by atoms with Crippen LogP contribution in [-0.2, 0) is 9.53 Å². The molecular formula is C26H48O2. The SMILES string of the molecule is CCCCCCCC1(C(=O)OC)CCC(C2CCC(CCCCC)CC2)CC1. The molecule has 0 aliphatic heterocycles. The highest BCUT2D eigenvalue weighted by Crippen LogP contribution is 2.48. The van der Waals surface area contributed by atoms with Gasteiger partial charge in [0.15, 0.2) is 0 Å². The van der Waals surface area contributed by atoms with Gasteiger partial charge < -0.3 is 4.74 Å². The van der Waals surface area contributed by atoms with Crippen molar-refractivity contribution in [1.29, 1.82) is 0 Å². The summed E-state index contributed by atoms with van der Waals surface area (Å²) >= 11 is 0. The molecule has 2 aliphatic carbocycles. The van der Waals surface area contributed by atoms with E-state index < -0.39 is 0 Å². The van der Waals surface area contributed by atoms with Crippen molar-refractivity contribution in [3.05, 3.63) is 0 Å². The van der Waals surface area contributed by atoms with E-state index in [0.29, 0.717) is 0 Å². The zero-order chi connectivity index (χ0) is 20.2. The molecule has 0 unspecified atom stereocenters. The van der Waals surface area contributed by atoms with Crippen molar-refractivity contribution in [2.24, 2.45) is 23.2 Å². The van der Waals surface area contributed by atoms with Gasteiger partial charge in [-0.1, -0.05) is 84.5 Å². The molecule has 0 spiro atoms. The molecule has 0 radical (unpaired) electrons. The molecule has 28 heavy (non-hydrogen) atoms. The van der Waals surface area contributed by atoms with Gasteiger partial charge in [0.2, 0.25) is 0 Å². The van der Waals surface area contributed by atoms with Crippen molar-refractivity contribution in [2.75, 3.05) is 7.11 Å². The predicted molar refractivity (Wildman–Crippen MR) is 119 cm³/mol. The minimum absolute atomic E-state index is 0.0843. The Kier molecular flexibility index (Phi) is 10.9. The lowest BCUT2D eigenvalue weighted by Crippen LogP contribution is -2.38. The number of carbonyl (C=O) groups excluding carboxylic acids is 1. The van der Waals surface area contributed by atoms with Crippen molar-refractivity contribution in [3.63, 3.8) is 0 Å². The van der Waals surface area contributed by atoms with E-state index in [9.17, 15) is 4.79 Å². The summed E-state index contributed by atoms with van der Waals surface area (Å²) in [6, 6.07) is 0. The van der Waals surface area contributed by atoms with Gasteiger partial charge >= 0.3 is 5.97 Å². The number of carbonyl (C=O) groups is 1. The molecule has 0 N–H and O–H groups in total. The predicted octanol–water partition coefficient (Wildman–Crippen LogP) is 8.08. The smallest absolute Gasteiger partial charge is 0.311 e. The summed E-state index contributed by atoms with van der Waals surface area (Å²) in [5.41, 5.74) is -0.158. The summed E-state index contributed by atoms with van der Waals surface area (Å²) in [4.78, 5) is 12.6. The van der Waals surface area contributed by atoms with Crippen LogP contribution in [0.5, 0.6) is 0 Å². The topological polar surface area (TPSA) is 26.3 Å². The number of ether oxygens (including phenoxy) is 1. The first-order valence-electron chi connectivity index (χ1n) is 12.7. The Balaban J connectivity index is 1.76. The summed E-state index contributed by atoms with van der Waals surface area (Å²) in [5.74, 6) is 2.89. The Morgan fingerprint density at radius 3 is 1.96 bits per heavy atom. The molecule has 0 aromatic rings. The number of rotatable bonds is 12. The largest absolute Gasteiger partial charge is 0.469 e. The van der Waals surface area contributed by atoms with Crippen molar-refractivity contribution >= 4 is 5.97 Å². The average Bonchev–Trinajstić information content (AvgIpc) is 2.74. The third kappa shape index (κ3) is 7.06. The summed E-state index contributed by atoms with van der Waals surface area (Å²) < 4.78 is 5.27. The fourth-order valence-electron chi connectivity index (χ4n) is 6.14. The number of unbranched alkanes of at least 4 members (excludes halogenated alkanes) is 6. The maximum absolute atomic E-state index is 12.6. The first kappa shape index (κ1) is 23.7. The van der Waals surface area contributed by atoms with Gasteiger partial charge in [0.25, 0.3) is 0 Å². The molecule has 2 fully saturated rings. The van der Waals surface area contributed by atoms with Gasteiger partial charge in [-0.3, -0.25) is 4.79 Å². The van der Waals surface area contributed by atoms with E-state index in [1.165, 1.54) is 96.3 Å². The number of hydrogen-bond acceptors (Lipinski definition) is 2. The van der Waals surface area contributed by atoms with Crippen LogP contribution in [0.25, 0.3) is 0 Å². The fourth-order valence-corrected chi connectivity index (χ4v) is 6.14. The van der Waals surface area contributed by atoms with Crippen LogP contribution in [0, 0.1) is 23.2 Å². The molecule has 164 valence electrons. The van der Waals surface area contributed by atoms with Crippen LogP contribution < -0.4 is 0 Å². The molecule has 0 amide bonds. The standard InChI is InChI=1S/C26H48O2/c1-4-6-8-9-11-19-26(25(27)28-3)20-17-24(18-21-26)23-15-13-22(14-16-23)12-10-7-5-2/h22-24H,4-21H2,1-3H3. The maximum Gasteiger partial charge on any atom is 0.311 e. The second kappa shape index (κ2) is 12.9. The van der Waals surface area contributed by atoms with Crippen molar-refractivity contribution in [3.8, 4) is 0 Å². The van der Waals surface area contributed by atoms with E-state index in [0.717, 1.165) is 37.0 Å². The van der Waals surface area contributed by atoms with Crippen molar-refractivity contribution < 1.29 is 9.53 Å². The Morgan fingerprint density at radius 1 is 0.786 bits per heavy atom. The summed E-state index contributed by atoms with van der Waals surface area (Å²) in [6.45, 7) is 4.56. The molecule has 0 aromatic heterocycles. The summed E-state index contributed by atoms with van der Waals surface area (Å²) in [5, 5.41) is 0. The van der Waals surface area contributed by atoms with Crippen LogP contribution in [0.15, 0.2) is 0 Å². The fraction of sp³-hybridized carbons (Fsp3) is 0.962. The Labute approximate surface area is 175 Å². The van der Waals surface area contributed by atoms with Crippen LogP contribution in [0.4, 0.5) is 0 Å². The quantitative estimate of drug-likeness (QED) is 0.248. The number of methoxy groups -OCH3 is 1. The van der Waals surface area contributed by atoms with Gasteiger partial charge in [-0.25, -0.2) is 0 Å². The Hall–Kier alpha value is -0.530. The monoisotopic (exact) mass is 392 g/mol. The summed E-state index contributed by atoms with van der Waals surface area (Å²) in [6.07, 6.45) is 23.6. The molecule has 0 bridgehead atoms. The third-order valence-electron chi connectivity index (χ3n) is 8.14. The highest BCUT2D eigenvalue weighted by Gasteiger charge is 2.43. The first-order chi connectivity index (χ1) is 13.6. The van der Waals surface area contributed by atoms with Gasteiger partial charge in [-0.15, -0.1) is 0 Å². The third-order valence-corrected chi connectivity index (χ3v) is 8.14. The van der Waals surface area contributed by atoms with Gasteiger partial charge in [0.05, 0.1) is 12.5 Å². The zero-order valence-electron chi connectivity index (χ0n) is 19.3. The highest BCUT2D eigenvalue weighted by molar-refractivity contribution is 5.76.